The number of hydrogen-bond acceptors (Lipinski definition) is 4. The Hall–Kier alpha value is -1.13. The lowest BCUT2D eigenvalue weighted by Gasteiger charge is -2.28. The van der Waals surface area contributed by atoms with Crippen LogP contribution in [0.4, 0.5) is 5.82 Å². The average Bonchev–Trinajstić information content (AvgIpc) is 2.48. The molecule has 1 aromatic rings. The molecule has 0 aromatic carbocycles. The largest absolute Gasteiger partial charge is 0.381 e. The molecule has 2 heterocycles. The molecule has 2 rings (SSSR count). The number of rotatable bonds is 6. The van der Waals surface area contributed by atoms with Crippen molar-refractivity contribution < 1.29 is 4.74 Å². The van der Waals surface area contributed by atoms with E-state index in [0.29, 0.717) is 12.5 Å². The van der Waals surface area contributed by atoms with E-state index in [1.807, 2.05) is 0 Å². The Morgan fingerprint density at radius 1 is 1.35 bits per heavy atom. The molecule has 20 heavy (non-hydrogen) atoms. The van der Waals surface area contributed by atoms with Gasteiger partial charge in [-0.05, 0) is 42.9 Å². The molecule has 0 bridgehead atoms. The molecule has 0 saturated carbocycles. The first-order valence-electron chi connectivity index (χ1n) is 7.71. The van der Waals surface area contributed by atoms with Crippen LogP contribution in [0.5, 0.6) is 0 Å². The summed E-state index contributed by atoms with van der Waals surface area (Å²) in [6.07, 6.45) is 4.45. The Balaban J connectivity index is 2.06. The van der Waals surface area contributed by atoms with Gasteiger partial charge in [0.25, 0.3) is 0 Å². The van der Waals surface area contributed by atoms with E-state index < -0.39 is 0 Å². The highest BCUT2D eigenvalue weighted by Gasteiger charge is 2.17. The highest BCUT2D eigenvalue weighted by atomic mass is 16.5. The van der Waals surface area contributed by atoms with E-state index in [9.17, 15) is 0 Å². The van der Waals surface area contributed by atoms with Gasteiger partial charge in [-0.25, -0.2) is 4.98 Å². The maximum absolute atomic E-state index is 5.81. The molecule has 0 atom stereocenters. The fourth-order valence-electron chi connectivity index (χ4n) is 2.74. The number of nitrogens with two attached hydrogens (primary N) is 1. The molecule has 1 fully saturated rings. The zero-order valence-corrected chi connectivity index (χ0v) is 12.8. The predicted molar refractivity (Wildman–Crippen MR) is 82.9 cm³/mol. The maximum Gasteiger partial charge on any atom is 0.128 e. The topological polar surface area (TPSA) is 51.4 Å². The second-order valence-corrected chi connectivity index (χ2v) is 5.72. The van der Waals surface area contributed by atoms with E-state index in [1.165, 1.54) is 5.56 Å². The van der Waals surface area contributed by atoms with Crippen molar-refractivity contribution in [2.45, 2.75) is 39.2 Å². The average molecular weight is 277 g/mol. The van der Waals surface area contributed by atoms with Crippen LogP contribution in [0.2, 0.25) is 0 Å². The number of pyridine rings is 1. The third-order valence-electron chi connectivity index (χ3n) is 3.93. The summed E-state index contributed by atoms with van der Waals surface area (Å²) in [5.74, 6) is 1.77. The summed E-state index contributed by atoms with van der Waals surface area (Å²) >= 11 is 0. The minimum atomic E-state index is 0.581. The number of aromatic nitrogens is 1. The summed E-state index contributed by atoms with van der Waals surface area (Å²) in [4.78, 5) is 7.05. The standard InChI is InChI=1S/C16H27N3O/c1-3-4-15-9-14(11-17)10-16(18-15)19(2)12-13-5-7-20-8-6-13/h9-10,13H,3-8,11-12,17H2,1-2H3. The molecular formula is C16H27N3O. The van der Waals surface area contributed by atoms with Crippen LogP contribution in [-0.4, -0.2) is 31.8 Å². The maximum atomic E-state index is 5.81. The molecule has 0 spiro atoms. The van der Waals surface area contributed by atoms with Gasteiger partial charge in [-0.1, -0.05) is 13.3 Å². The smallest absolute Gasteiger partial charge is 0.128 e. The summed E-state index contributed by atoms with van der Waals surface area (Å²) in [6.45, 7) is 5.61. The number of hydrogen-bond donors (Lipinski definition) is 1. The first-order chi connectivity index (χ1) is 9.72. The second kappa shape index (κ2) is 7.60. The fraction of sp³-hybridized carbons (Fsp3) is 0.688. The minimum Gasteiger partial charge on any atom is -0.381 e. The minimum absolute atomic E-state index is 0.581. The van der Waals surface area contributed by atoms with Crippen molar-refractivity contribution in [1.29, 1.82) is 0 Å². The molecule has 4 nitrogen and oxygen atoms in total. The van der Waals surface area contributed by atoms with E-state index in [4.69, 9.17) is 15.5 Å². The van der Waals surface area contributed by atoms with Crippen molar-refractivity contribution in [3.8, 4) is 0 Å². The summed E-state index contributed by atoms with van der Waals surface area (Å²) < 4.78 is 5.42. The van der Waals surface area contributed by atoms with E-state index in [0.717, 1.165) is 57.0 Å². The van der Waals surface area contributed by atoms with E-state index in [2.05, 4.69) is 31.0 Å². The molecule has 112 valence electrons. The highest BCUT2D eigenvalue weighted by molar-refractivity contribution is 5.42. The molecule has 4 heteroatoms. The third-order valence-corrected chi connectivity index (χ3v) is 3.93. The summed E-state index contributed by atoms with van der Waals surface area (Å²) in [7, 11) is 2.13. The fourth-order valence-corrected chi connectivity index (χ4v) is 2.74. The third kappa shape index (κ3) is 4.18. The van der Waals surface area contributed by atoms with Gasteiger partial charge >= 0.3 is 0 Å². The van der Waals surface area contributed by atoms with Crippen LogP contribution in [0, 0.1) is 5.92 Å². The molecular weight excluding hydrogens is 250 g/mol. The van der Waals surface area contributed by atoms with Gasteiger partial charge in [0, 0.05) is 39.0 Å². The van der Waals surface area contributed by atoms with Crippen molar-refractivity contribution in [3.05, 3.63) is 23.4 Å². The zero-order valence-electron chi connectivity index (χ0n) is 12.8. The number of nitrogens with zero attached hydrogens (tertiary/aromatic N) is 2. The lowest BCUT2D eigenvalue weighted by molar-refractivity contribution is 0.0685. The molecule has 1 aliphatic heterocycles. The van der Waals surface area contributed by atoms with Crippen molar-refractivity contribution in [2.24, 2.45) is 11.7 Å². The van der Waals surface area contributed by atoms with Gasteiger partial charge in [-0.2, -0.15) is 0 Å². The van der Waals surface area contributed by atoms with Gasteiger partial charge in [0.2, 0.25) is 0 Å². The SMILES string of the molecule is CCCc1cc(CN)cc(N(C)CC2CCOCC2)n1. The predicted octanol–water partition coefficient (Wildman–Crippen LogP) is 2.36. The number of ether oxygens (including phenoxy) is 1. The van der Waals surface area contributed by atoms with E-state index >= 15 is 0 Å². The van der Waals surface area contributed by atoms with Gasteiger partial charge in [-0.15, -0.1) is 0 Å². The Morgan fingerprint density at radius 3 is 2.75 bits per heavy atom. The van der Waals surface area contributed by atoms with Crippen LogP contribution in [0.1, 0.15) is 37.4 Å². The van der Waals surface area contributed by atoms with Crippen LogP contribution >= 0.6 is 0 Å². The van der Waals surface area contributed by atoms with Crippen LogP contribution < -0.4 is 10.6 Å². The van der Waals surface area contributed by atoms with Crippen molar-refractivity contribution in [2.75, 3.05) is 31.7 Å². The quantitative estimate of drug-likeness (QED) is 0.867. The second-order valence-electron chi connectivity index (χ2n) is 5.72. The van der Waals surface area contributed by atoms with Crippen molar-refractivity contribution in [1.82, 2.24) is 4.98 Å². The molecule has 1 aromatic heterocycles. The van der Waals surface area contributed by atoms with Crippen LogP contribution in [0.3, 0.4) is 0 Å². The van der Waals surface area contributed by atoms with Gasteiger partial charge in [-0.3, -0.25) is 0 Å². The van der Waals surface area contributed by atoms with Crippen LogP contribution in [-0.2, 0) is 17.7 Å². The summed E-state index contributed by atoms with van der Waals surface area (Å²) in [5, 5.41) is 0. The molecule has 1 saturated heterocycles. The molecule has 0 radical (unpaired) electrons. The number of anilines is 1. The lowest BCUT2D eigenvalue weighted by Crippen LogP contribution is -2.30. The summed E-state index contributed by atoms with van der Waals surface area (Å²) in [6, 6.07) is 4.26. The molecule has 0 aliphatic carbocycles. The van der Waals surface area contributed by atoms with E-state index in [1.54, 1.807) is 0 Å². The van der Waals surface area contributed by atoms with Crippen molar-refractivity contribution in [3.63, 3.8) is 0 Å². The molecule has 2 N–H and O–H groups in total. The van der Waals surface area contributed by atoms with E-state index in [-0.39, 0.29) is 0 Å². The van der Waals surface area contributed by atoms with Crippen LogP contribution in [0.25, 0.3) is 0 Å². The monoisotopic (exact) mass is 277 g/mol. The van der Waals surface area contributed by atoms with Crippen molar-refractivity contribution >= 4 is 5.82 Å². The van der Waals surface area contributed by atoms with Gasteiger partial charge in [0.05, 0.1) is 0 Å². The molecule has 0 unspecified atom stereocenters. The summed E-state index contributed by atoms with van der Waals surface area (Å²) in [5.41, 5.74) is 8.14. The molecule has 0 amide bonds. The van der Waals surface area contributed by atoms with Crippen LogP contribution in [0.15, 0.2) is 12.1 Å². The van der Waals surface area contributed by atoms with Gasteiger partial charge in [0.15, 0.2) is 0 Å². The first-order valence-corrected chi connectivity index (χ1v) is 7.71. The number of aryl methyl sites for hydroxylation is 1. The Bertz CT molecular complexity index is 416. The zero-order chi connectivity index (χ0) is 14.4. The Kier molecular flexibility index (Phi) is 5.80. The lowest BCUT2D eigenvalue weighted by atomic mass is 10.00. The molecule has 1 aliphatic rings. The Labute approximate surface area is 122 Å². The first kappa shape index (κ1) is 15.3. The normalized spacial score (nSPS) is 16.4. The highest BCUT2D eigenvalue weighted by Crippen LogP contribution is 2.20. The van der Waals surface area contributed by atoms with Gasteiger partial charge < -0.3 is 15.4 Å². The Morgan fingerprint density at radius 2 is 2.10 bits per heavy atom. The van der Waals surface area contributed by atoms with Gasteiger partial charge in [0.1, 0.15) is 5.82 Å².